The highest BCUT2D eigenvalue weighted by Crippen LogP contribution is 2.19. The lowest BCUT2D eigenvalue weighted by Crippen LogP contribution is -2.08. The molecule has 3 N–H and O–H groups in total. The number of hydrogen-bond donors (Lipinski definition) is 4. The van der Waals surface area contributed by atoms with Crippen LogP contribution in [0.4, 0.5) is 5.69 Å². The number of carbonyl (C=O) groups is 1. The maximum Gasteiger partial charge on any atom is 0.337 e. The van der Waals surface area contributed by atoms with Gasteiger partial charge in [-0.2, -0.15) is 0 Å². The number of rotatable bonds is 3. The molecular weight excluding hydrogens is 226 g/mol. The lowest BCUT2D eigenvalue weighted by Gasteiger charge is -2.05. The molecule has 0 fully saturated rings. The van der Waals surface area contributed by atoms with Crippen molar-refractivity contribution in [3.63, 3.8) is 0 Å². The molecule has 5 nitrogen and oxygen atoms in total. The number of anilines is 1. The smallest absolute Gasteiger partial charge is 0.337 e. The van der Waals surface area contributed by atoms with Crippen molar-refractivity contribution >= 4 is 35.6 Å². The molecule has 0 aliphatic carbocycles. The number of aromatic carboxylic acids is 1. The van der Waals surface area contributed by atoms with Crippen LogP contribution in [0.3, 0.4) is 0 Å². The molecule has 1 atom stereocenters. The van der Waals surface area contributed by atoms with Gasteiger partial charge in [-0.15, -0.1) is 12.6 Å². The van der Waals surface area contributed by atoms with E-state index in [0.717, 1.165) is 0 Å². The Labute approximate surface area is 88.0 Å². The summed E-state index contributed by atoms with van der Waals surface area (Å²) < 4.78 is 21.0. The Morgan fingerprint density at radius 3 is 2.64 bits per heavy atom. The van der Waals surface area contributed by atoms with Gasteiger partial charge in [-0.05, 0) is 18.2 Å². The van der Waals surface area contributed by atoms with Crippen LogP contribution >= 0.6 is 12.6 Å². The topological polar surface area (TPSA) is 86.6 Å². The highest BCUT2D eigenvalue weighted by atomic mass is 32.2. The van der Waals surface area contributed by atoms with Crippen LogP contribution in [-0.2, 0) is 11.3 Å². The van der Waals surface area contributed by atoms with Crippen molar-refractivity contribution in [1.82, 2.24) is 0 Å². The SMILES string of the molecule is O=C(O)c1cc(S)ccc1NS(=O)O. The minimum absolute atomic E-state index is 0.0798. The second-order valence-corrected chi connectivity index (χ2v) is 3.61. The molecule has 14 heavy (non-hydrogen) atoms. The number of thiol groups is 1. The van der Waals surface area contributed by atoms with Gasteiger partial charge in [-0.3, -0.25) is 9.27 Å². The molecule has 0 aliphatic rings. The Bertz CT molecular complexity index is 393. The molecule has 1 rings (SSSR count). The summed E-state index contributed by atoms with van der Waals surface area (Å²) in [5.74, 6) is -1.19. The zero-order valence-corrected chi connectivity index (χ0v) is 8.51. The summed E-state index contributed by atoms with van der Waals surface area (Å²) in [7, 11) is 0. The maximum atomic E-state index is 10.7. The van der Waals surface area contributed by atoms with Crippen molar-refractivity contribution in [3.8, 4) is 0 Å². The Hall–Kier alpha value is -1.05. The average molecular weight is 233 g/mol. The van der Waals surface area contributed by atoms with E-state index in [4.69, 9.17) is 9.66 Å². The Balaban J connectivity index is 3.14. The third-order valence-corrected chi connectivity index (χ3v) is 2.10. The van der Waals surface area contributed by atoms with E-state index >= 15 is 0 Å². The number of carboxylic acids is 1. The van der Waals surface area contributed by atoms with E-state index < -0.39 is 17.2 Å². The van der Waals surface area contributed by atoms with E-state index in [2.05, 4.69) is 17.4 Å². The van der Waals surface area contributed by atoms with E-state index in [9.17, 15) is 9.00 Å². The van der Waals surface area contributed by atoms with E-state index in [1.807, 2.05) is 0 Å². The van der Waals surface area contributed by atoms with Crippen LogP contribution in [0.15, 0.2) is 23.1 Å². The number of carboxylic acid groups (broad SMARTS) is 1. The van der Waals surface area contributed by atoms with Crippen LogP contribution in [0.2, 0.25) is 0 Å². The Kier molecular flexibility index (Phi) is 3.50. The van der Waals surface area contributed by atoms with Crippen molar-refractivity contribution in [3.05, 3.63) is 23.8 Å². The quantitative estimate of drug-likeness (QED) is 0.467. The van der Waals surface area contributed by atoms with Crippen molar-refractivity contribution in [2.24, 2.45) is 0 Å². The predicted octanol–water partition coefficient (Wildman–Crippen LogP) is 1.22. The van der Waals surface area contributed by atoms with Crippen LogP contribution in [0.25, 0.3) is 0 Å². The first-order chi connectivity index (χ1) is 6.50. The van der Waals surface area contributed by atoms with E-state index in [-0.39, 0.29) is 11.3 Å². The summed E-state index contributed by atoms with van der Waals surface area (Å²) in [5.41, 5.74) is -0.0176. The highest BCUT2D eigenvalue weighted by molar-refractivity contribution is 7.80. The highest BCUT2D eigenvalue weighted by Gasteiger charge is 2.11. The van der Waals surface area contributed by atoms with Gasteiger partial charge in [0.15, 0.2) is 0 Å². The van der Waals surface area contributed by atoms with E-state index in [1.165, 1.54) is 18.2 Å². The standard InChI is InChI=1S/C7H7NO4S2/c9-7(10)5-3-4(13)1-2-6(5)8-14(11)12/h1-3,8,13H,(H,9,10)(H,11,12). The number of hydrogen-bond acceptors (Lipinski definition) is 3. The fraction of sp³-hybridized carbons (Fsp3) is 0. The van der Waals surface area contributed by atoms with Gasteiger partial charge < -0.3 is 5.11 Å². The van der Waals surface area contributed by atoms with Crippen molar-refractivity contribution in [2.75, 3.05) is 4.72 Å². The lowest BCUT2D eigenvalue weighted by molar-refractivity contribution is 0.0698. The monoisotopic (exact) mass is 233 g/mol. The summed E-state index contributed by atoms with van der Waals surface area (Å²) >= 11 is 1.67. The summed E-state index contributed by atoms with van der Waals surface area (Å²) in [6, 6.07) is 4.19. The third kappa shape index (κ3) is 2.72. The zero-order chi connectivity index (χ0) is 10.7. The molecular formula is C7H7NO4S2. The van der Waals surface area contributed by atoms with E-state index in [0.29, 0.717) is 4.90 Å². The first-order valence-electron chi connectivity index (χ1n) is 3.44. The van der Waals surface area contributed by atoms with Gasteiger partial charge in [0.25, 0.3) is 11.3 Å². The molecule has 0 aliphatic heterocycles. The molecule has 1 aromatic carbocycles. The minimum atomic E-state index is -2.29. The van der Waals surface area contributed by atoms with Crippen LogP contribution in [0.1, 0.15) is 10.4 Å². The maximum absolute atomic E-state index is 10.7. The van der Waals surface area contributed by atoms with Gasteiger partial charge in [0, 0.05) is 4.90 Å². The van der Waals surface area contributed by atoms with Gasteiger partial charge >= 0.3 is 5.97 Å². The molecule has 0 saturated carbocycles. The molecule has 0 bridgehead atoms. The van der Waals surface area contributed by atoms with Crippen molar-refractivity contribution < 1.29 is 18.7 Å². The van der Waals surface area contributed by atoms with Gasteiger partial charge in [0.1, 0.15) is 0 Å². The number of benzene rings is 1. The van der Waals surface area contributed by atoms with Gasteiger partial charge in [0.05, 0.1) is 11.3 Å². The van der Waals surface area contributed by atoms with Gasteiger partial charge in [-0.25, -0.2) is 9.00 Å². The molecule has 1 unspecified atom stereocenters. The van der Waals surface area contributed by atoms with Crippen LogP contribution in [0.5, 0.6) is 0 Å². The largest absolute Gasteiger partial charge is 0.478 e. The van der Waals surface area contributed by atoms with Gasteiger partial charge in [-0.1, -0.05) is 0 Å². The molecule has 0 radical (unpaired) electrons. The lowest BCUT2D eigenvalue weighted by atomic mass is 10.2. The summed E-state index contributed by atoms with van der Waals surface area (Å²) in [5, 5.41) is 8.75. The Morgan fingerprint density at radius 2 is 2.14 bits per heavy atom. The van der Waals surface area contributed by atoms with E-state index in [1.54, 1.807) is 0 Å². The molecule has 7 heteroatoms. The molecule has 1 aromatic rings. The molecule has 0 heterocycles. The summed E-state index contributed by atoms with van der Waals surface area (Å²) in [4.78, 5) is 11.2. The first-order valence-corrected chi connectivity index (χ1v) is 5.00. The van der Waals surface area contributed by atoms with Crippen LogP contribution in [-0.4, -0.2) is 19.8 Å². The normalized spacial score (nSPS) is 12.1. The average Bonchev–Trinajstić information content (AvgIpc) is 2.07. The molecule has 0 amide bonds. The van der Waals surface area contributed by atoms with Crippen LogP contribution < -0.4 is 4.72 Å². The molecule has 0 saturated heterocycles. The summed E-state index contributed by atoms with van der Waals surface area (Å²) in [6.45, 7) is 0. The molecule has 0 spiro atoms. The van der Waals surface area contributed by atoms with Gasteiger partial charge in [0.2, 0.25) is 0 Å². The third-order valence-electron chi connectivity index (χ3n) is 1.43. The first kappa shape index (κ1) is 11.0. The summed E-state index contributed by atoms with van der Waals surface area (Å²) in [6.07, 6.45) is 0. The van der Waals surface area contributed by atoms with Crippen molar-refractivity contribution in [2.45, 2.75) is 4.90 Å². The zero-order valence-electron chi connectivity index (χ0n) is 6.80. The second-order valence-electron chi connectivity index (χ2n) is 2.39. The van der Waals surface area contributed by atoms with Crippen molar-refractivity contribution in [1.29, 1.82) is 0 Å². The molecule has 0 aromatic heterocycles. The fourth-order valence-corrected chi connectivity index (χ4v) is 1.46. The predicted molar refractivity (Wildman–Crippen MR) is 55.0 cm³/mol. The molecule has 76 valence electrons. The fourth-order valence-electron chi connectivity index (χ4n) is 0.892. The van der Waals surface area contributed by atoms with Crippen LogP contribution in [0, 0.1) is 0 Å². The second kappa shape index (κ2) is 4.45. The number of nitrogens with one attached hydrogen (secondary N) is 1. The minimum Gasteiger partial charge on any atom is -0.478 e. The Morgan fingerprint density at radius 1 is 1.50 bits per heavy atom.